The van der Waals surface area contributed by atoms with Crippen molar-refractivity contribution in [3.8, 4) is 0 Å². The van der Waals surface area contributed by atoms with E-state index in [0.717, 1.165) is 0 Å². The minimum Gasteiger partial charge on any atom is -0.286 e. The fourth-order valence-corrected chi connectivity index (χ4v) is 2.90. The van der Waals surface area contributed by atoms with E-state index in [4.69, 9.17) is 5.41 Å². The van der Waals surface area contributed by atoms with Gasteiger partial charge >= 0.3 is 0 Å². The number of imide groups is 1. The van der Waals surface area contributed by atoms with Gasteiger partial charge in [0, 0.05) is 24.3 Å². The highest BCUT2D eigenvalue weighted by molar-refractivity contribution is 6.13. The summed E-state index contributed by atoms with van der Waals surface area (Å²) in [6, 6.07) is 10.0. The van der Waals surface area contributed by atoms with Crippen LogP contribution in [0.2, 0.25) is 0 Å². The quantitative estimate of drug-likeness (QED) is 0.217. The largest absolute Gasteiger partial charge is 0.296 e. The number of hydrogen-bond acceptors (Lipinski definition) is 5. The van der Waals surface area contributed by atoms with Crippen molar-refractivity contribution in [2.24, 2.45) is 0 Å². The van der Waals surface area contributed by atoms with Gasteiger partial charge in [-0.3, -0.25) is 30.4 Å². The molecule has 2 aromatic rings. The Bertz CT molecular complexity index is 902. The molecule has 124 valence electrons. The summed E-state index contributed by atoms with van der Waals surface area (Å²) in [7, 11) is 0. The van der Waals surface area contributed by atoms with Crippen molar-refractivity contribution < 1.29 is 19.1 Å². The van der Waals surface area contributed by atoms with Crippen LogP contribution in [0.4, 0.5) is 5.69 Å². The van der Waals surface area contributed by atoms with Gasteiger partial charge < -0.3 is 0 Å². The van der Waals surface area contributed by atoms with Crippen LogP contribution in [0.3, 0.4) is 0 Å². The molecule has 1 aromatic carbocycles. The molecular weight excluding hydrogens is 324 g/mol. The zero-order valence-corrected chi connectivity index (χ0v) is 12.9. The SMILES string of the molecule is N=C=C1C(=O)NC(=O)[C@H]([n+]2ccccc2)[C@H]1c1ccc([N+](=O)[O-])cc1. The van der Waals surface area contributed by atoms with Crippen LogP contribution in [0.5, 0.6) is 0 Å². The van der Waals surface area contributed by atoms with Crippen molar-refractivity contribution in [2.75, 3.05) is 0 Å². The molecule has 1 aliphatic heterocycles. The number of carbonyl (C=O) groups excluding carboxylic acids is 2. The Kier molecular flexibility index (Phi) is 4.20. The lowest BCUT2D eigenvalue weighted by Gasteiger charge is -2.27. The molecule has 3 rings (SSSR count). The molecule has 0 spiro atoms. The maximum absolute atomic E-state index is 12.5. The molecule has 2 amide bonds. The number of pyridine rings is 1. The number of non-ortho nitro benzene ring substituents is 1. The van der Waals surface area contributed by atoms with Gasteiger partial charge in [-0.2, -0.15) is 4.57 Å². The van der Waals surface area contributed by atoms with E-state index < -0.39 is 28.7 Å². The number of amides is 2. The first kappa shape index (κ1) is 16.2. The molecule has 0 radical (unpaired) electrons. The second-order valence-corrected chi connectivity index (χ2v) is 5.45. The van der Waals surface area contributed by atoms with Crippen molar-refractivity contribution >= 4 is 23.4 Å². The molecule has 8 heteroatoms. The van der Waals surface area contributed by atoms with Crippen LogP contribution < -0.4 is 9.88 Å². The van der Waals surface area contributed by atoms with Gasteiger partial charge in [0.2, 0.25) is 6.04 Å². The molecule has 0 saturated carbocycles. The van der Waals surface area contributed by atoms with Crippen LogP contribution in [0.1, 0.15) is 17.5 Å². The fourth-order valence-electron chi connectivity index (χ4n) is 2.90. The van der Waals surface area contributed by atoms with E-state index in [2.05, 4.69) is 11.2 Å². The number of nitro benzene ring substituents is 1. The molecule has 25 heavy (non-hydrogen) atoms. The van der Waals surface area contributed by atoms with Gasteiger partial charge in [0.15, 0.2) is 12.4 Å². The summed E-state index contributed by atoms with van der Waals surface area (Å²) in [5.74, 6) is 0.149. The molecule has 0 bridgehead atoms. The lowest BCUT2D eigenvalue weighted by atomic mass is 9.81. The van der Waals surface area contributed by atoms with E-state index >= 15 is 0 Å². The van der Waals surface area contributed by atoms with Crippen molar-refractivity contribution in [1.29, 1.82) is 5.41 Å². The minimum atomic E-state index is -0.812. The third-order valence-corrected chi connectivity index (χ3v) is 4.03. The highest BCUT2D eigenvalue weighted by Crippen LogP contribution is 2.35. The predicted molar refractivity (Wildman–Crippen MR) is 85.9 cm³/mol. The van der Waals surface area contributed by atoms with E-state index in [9.17, 15) is 19.7 Å². The first-order chi connectivity index (χ1) is 12.0. The maximum Gasteiger partial charge on any atom is 0.296 e. The average molecular weight is 337 g/mol. The molecule has 1 saturated heterocycles. The van der Waals surface area contributed by atoms with E-state index in [1.54, 1.807) is 35.2 Å². The van der Waals surface area contributed by atoms with Crippen LogP contribution >= 0.6 is 0 Å². The zero-order chi connectivity index (χ0) is 18.0. The molecular formula is C17H13N4O4+. The topological polar surface area (TPSA) is 117 Å². The first-order valence-corrected chi connectivity index (χ1v) is 7.38. The Balaban J connectivity index is 2.14. The monoisotopic (exact) mass is 337 g/mol. The highest BCUT2D eigenvalue weighted by Gasteiger charge is 2.47. The van der Waals surface area contributed by atoms with Gasteiger partial charge in [0.25, 0.3) is 17.5 Å². The molecule has 2 heterocycles. The van der Waals surface area contributed by atoms with Gasteiger partial charge in [-0.25, -0.2) is 0 Å². The molecule has 0 aliphatic carbocycles. The maximum atomic E-state index is 12.5. The van der Waals surface area contributed by atoms with Gasteiger partial charge in [0.1, 0.15) is 0 Å². The van der Waals surface area contributed by atoms with Crippen LogP contribution in [0.25, 0.3) is 0 Å². The Hall–Kier alpha value is -3.64. The number of nitrogens with zero attached hydrogens (tertiary/aromatic N) is 2. The van der Waals surface area contributed by atoms with Crippen molar-refractivity contribution in [2.45, 2.75) is 12.0 Å². The smallest absolute Gasteiger partial charge is 0.286 e. The molecule has 2 atom stereocenters. The van der Waals surface area contributed by atoms with Crippen molar-refractivity contribution in [3.63, 3.8) is 0 Å². The Labute approximate surface area is 142 Å². The Morgan fingerprint density at radius 2 is 1.76 bits per heavy atom. The third-order valence-electron chi connectivity index (χ3n) is 4.03. The third kappa shape index (κ3) is 2.93. The van der Waals surface area contributed by atoms with Crippen LogP contribution in [-0.4, -0.2) is 22.6 Å². The lowest BCUT2D eigenvalue weighted by molar-refractivity contribution is -0.711. The second kappa shape index (κ2) is 6.46. The lowest BCUT2D eigenvalue weighted by Crippen LogP contribution is -2.57. The predicted octanol–water partition coefficient (Wildman–Crippen LogP) is 1.04. The van der Waals surface area contributed by atoms with Gasteiger partial charge in [0.05, 0.1) is 16.4 Å². The fraction of sp³-hybridized carbons (Fsp3) is 0.118. The second-order valence-electron chi connectivity index (χ2n) is 5.45. The Morgan fingerprint density at radius 3 is 2.32 bits per heavy atom. The van der Waals surface area contributed by atoms with Crippen LogP contribution in [-0.2, 0) is 9.59 Å². The van der Waals surface area contributed by atoms with E-state index in [1.165, 1.54) is 24.3 Å². The summed E-state index contributed by atoms with van der Waals surface area (Å²) < 4.78 is 1.63. The van der Waals surface area contributed by atoms with E-state index in [0.29, 0.717) is 5.56 Å². The minimum absolute atomic E-state index is 0.00481. The molecule has 8 nitrogen and oxygen atoms in total. The number of benzene rings is 1. The number of aromatic nitrogens is 1. The number of nitrogens with one attached hydrogen (secondary N) is 2. The highest BCUT2D eigenvalue weighted by atomic mass is 16.6. The van der Waals surface area contributed by atoms with Crippen molar-refractivity contribution in [3.05, 3.63) is 76.1 Å². The number of nitro groups is 1. The van der Waals surface area contributed by atoms with Crippen molar-refractivity contribution in [1.82, 2.24) is 5.32 Å². The number of piperidine rings is 1. The van der Waals surface area contributed by atoms with Crippen LogP contribution in [0, 0.1) is 15.5 Å². The molecule has 0 unspecified atom stereocenters. The number of hydrogen-bond donors (Lipinski definition) is 2. The molecule has 1 fully saturated rings. The van der Waals surface area contributed by atoms with E-state index in [1.807, 2.05) is 0 Å². The molecule has 1 aromatic heterocycles. The van der Waals surface area contributed by atoms with Crippen LogP contribution in [0.15, 0.2) is 60.4 Å². The Morgan fingerprint density at radius 1 is 1.12 bits per heavy atom. The standard InChI is InChI=1S/C17H12N4O4/c18-10-13-14(11-4-6-12(7-5-11)21(24)25)15(17(23)19-16(13)22)20-8-2-1-3-9-20/h1-9,14-15,18H/p+1/t14-,15+/m0/s1. The van der Waals surface area contributed by atoms with Gasteiger partial charge in [-0.05, 0) is 11.4 Å². The summed E-state index contributed by atoms with van der Waals surface area (Å²) in [4.78, 5) is 34.9. The number of rotatable bonds is 3. The molecule has 2 N–H and O–H groups in total. The summed E-state index contributed by atoms with van der Waals surface area (Å²) >= 11 is 0. The summed E-state index contributed by atoms with van der Waals surface area (Å²) in [6.45, 7) is 0. The summed E-state index contributed by atoms with van der Waals surface area (Å²) in [6.07, 6.45) is 3.36. The van der Waals surface area contributed by atoms with Gasteiger partial charge in [-0.15, -0.1) is 0 Å². The van der Waals surface area contributed by atoms with Gasteiger partial charge in [-0.1, -0.05) is 18.2 Å². The van der Waals surface area contributed by atoms with E-state index in [-0.39, 0.29) is 11.3 Å². The zero-order valence-electron chi connectivity index (χ0n) is 12.9. The molecule has 1 aliphatic rings. The average Bonchev–Trinajstić information content (AvgIpc) is 2.62. The number of carbonyl (C=O) groups is 2. The summed E-state index contributed by atoms with van der Waals surface area (Å²) in [5.41, 5.74) is 0.416. The summed E-state index contributed by atoms with van der Waals surface area (Å²) in [5, 5.41) is 20.5. The first-order valence-electron chi connectivity index (χ1n) is 7.38. The normalized spacial score (nSPS) is 19.9.